The molecule has 0 aliphatic carbocycles. The first-order valence-electron chi connectivity index (χ1n) is 6.11. The summed E-state index contributed by atoms with van der Waals surface area (Å²) in [6.45, 7) is 8.50. The summed E-state index contributed by atoms with van der Waals surface area (Å²) in [5, 5.41) is 2.82. The Morgan fingerprint density at radius 3 is 2.95 bits per heavy atom. The van der Waals surface area contributed by atoms with E-state index in [1.54, 1.807) is 12.1 Å². The molecule has 0 fully saturated rings. The van der Waals surface area contributed by atoms with Crippen molar-refractivity contribution in [3.63, 3.8) is 0 Å². The summed E-state index contributed by atoms with van der Waals surface area (Å²) >= 11 is 5.68. The Bertz CT molecular complexity index is 555. The number of hydrogen-bond donors (Lipinski definition) is 2. The zero-order valence-electron chi connectivity index (χ0n) is 11.0. The Morgan fingerprint density at radius 1 is 1.74 bits per heavy atom. The molecule has 5 nitrogen and oxygen atoms in total. The third-order valence-corrected chi connectivity index (χ3v) is 3.36. The number of rotatable bonds is 3. The van der Waals surface area contributed by atoms with Gasteiger partial charge >= 0.3 is 0 Å². The molecule has 1 aromatic heterocycles. The highest BCUT2D eigenvalue weighted by Gasteiger charge is 2.30. The van der Waals surface area contributed by atoms with E-state index in [1.807, 2.05) is 4.57 Å². The molecule has 0 saturated heterocycles. The lowest BCUT2D eigenvalue weighted by Gasteiger charge is -2.30. The summed E-state index contributed by atoms with van der Waals surface area (Å²) in [4.78, 5) is 16.1. The van der Waals surface area contributed by atoms with Crippen LogP contribution in [0.25, 0.3) is 6.08 Å². The van der Waals surface area contributed by atoms with E-state index in [0.29, 0.717) is 24.0 Å². The normalized spacial score (nSPS) is 19.3. The van der Waals surface area contributed by atoms with Crippen LogP contribution in [0, 0.1) is 5.92 Å². The molecule has 0 saturated carbocycles. The Hall–Kier alpha value is -1.75. The number of carbonyl (C=O) groups is 1. The average molecular weight is 281 g/mol. The number of amidine groups is 1. The van der Waals surface area contributed by atoms with E-state index >= 15 is 0 Å². The van der Waals surface area contributed by atoms with Crippen molar-refractivity contribution in [2.75, 3.05) is 6.54 Å². The van der Waals surface area contributed by atoms with Crippen molar-refractivity contribution >= 4 is 34.7 Å². The molecule has 0 unspecified atom stereocenters. The van der Waals surface area contributed by atoms with Crippen molar-refractivity contribution < 1.29 is 4.79 Å². The van der Waals surface area contributed by atoms with Gasteiger partial charge in [-0.05, 0) is 23.6 Å². The van der Waals surface area contributed by atoms with Crippen molar-refractivity contribution in [3.8, 4) is 0 Å². The van der Waals surface area contributed by atoms with E-state index in [4.69, 9.17) is 17.3 Å². The van der Waals surface area contributed by atoms with Crippen LogP contribution in [0.15, 0.2) is 17.6 Å². The number of nitrogens with two attached hydrogens (primary N) is 1. The number of fused-ring (bicyclic) bond motifs is 1. The molecule has 1 atom stereocenters. The molecule has 1 aliphatic heterocycles. The Morgan fingerprint density at radius 2 is 2.42 bits per heavy atom. The van der Waals surface area contributed by atoms with Crippen molar-refractivity contribution in [2.24, 2.45) is 16.6 Å². The topological polar surface area (TPSA) is 72.4 Å². The molecule has 6 heteroatoms. The van der Waals surface area contributed by atoms with Gasteiger partial charge in [0.05, 0.1) is 6.04 Å². The highest BCUT2D eigenvalue weighted by atomic mass is 35.5. The molecule has 0 aromatic carbocycles. The van der Waals surface area contributed by atoms with Crippen LogP contribution in [-0.4, -0.2) is 22.3 Å². The Balaban J connectivity index is 2.69. The van der Waals surface area contributed by atoms with Crippen LogP contribution >= 0.6 is 11.6 Å². The fourth-order valence-electron chi connectivity index (χ4n) is 2.33. The lowest BCUT2D eigenvalue weighted by molar-refractivity contribution is 0.0906. The molecule has 19 heavy (non-hydrogen) atoms. The van der Waals surface area contributed by atoms with Crippen molar-refractivity contribution in [1.29, 1.82) is 0 Å². The number of hydrogen-bond acceptors (Lipinski definition) is 2. The molecule has 0 radical (unpaired) electrons. The third-order valence-electron chi connectivity index (χ3n) is 3.28. The fourth-order valence-corrected chi connectivity index (χ4v) is 2.41. The van der Waals surface area contributed by atoms with Gasteiger partial charge in [0.1, 0.15) is 11.5 Å². The second-order valence-electron chi connectivity index (χ2n) is 4.84. The zero-order chi connectivity index (χ0) is 14.2. The Kier molecular flexibility index (Phi) is 3.66. The zero-order valence-corrected chi connectivity index (χ0v) is 11.7. The minimum Gasteiger partial charge on any atom is -0.374 e. The molecular formula is C13H17ClN4O. The average Bonchev–Trinajstić information content (AvgIpc) is 2.68. The van der Waals surface area contributed by atoms with Crippen molar-refractivity contribution in [3.05, 3.63) is 23.9 Å². The largest absolute Gasteiger partial charge is 0.374 e. The van der Waals surface area contributed by atoms with Crippen LogP contribution < -0.4 is 11.1 Å². The van der Waals surface area contributed by atoms with Gasteiger partial charge in [-0.15, -0.1) is 0 Å². The number of carbonyl (C=O) groups excluding carboxylic acids is 1. The molecule has 0 bridgehead atoms. The first-order chi connectivity index (χ1) is 8.95. The summed E-state index contributed by atoms with van der Waals surface area (Å²) in [7, 11) is 0. The number of nitrogens with one attached hydrogen (secondary N) is 1. The molecule has 1 amide bonds. The fraction of sp³-hybridized carbons (Fsp3) is 0.385. The summed E-state index contributed by atoms with van der Waals surface area (Å²) in [5.74, 6) is 0.815. The minimum absolute atomic E-state index is 0.0579. The van der Waals surface area contributed by atoms with Crippen LogP contribution in [0.2, 0.25) is 0 Å². The third kappa shape index (κ3) is 2.38. The molecule has 2 rings (SSSR count). The lowest BCUT2D eigenvalue weighted by Crippen LogP contribution is -2.40. The maximum atomic E-state index is 11.9. The highest BCUT2D eigenvalue weighted by Crippen LogP contribution is 2.34. The van der Waals surface area contributed by atoms with Crippen molar-refractivity contribution in [2.45, 2.75) is 19.9 Å². The number of aliphatic imine (C=N–C) groups is 1. The van der Waals surface area contributed by atoms with E-state index in [0.717, 1.165) is 5.56 Å². The van der Waals surface area contributed by atoms with Gasteiger partial charge in [0.25, 0.3) is 5.91 Å². The molecule has 1 aromatic rings. The molecule has 1 aliphatic rings. The minimum atomic E-state index is -0.116. The van der Waals surface area contributed by atoms with E-state index < -0.39 is 0 Å². The predicted octanol–water partition coefficient (Wildman–Crippen LogP) is 2.26. The number of halogens is 1. The second kappa shape index (κ2) is 5.09. The van der Waals surface area contributed by atoms with Crippen LogP contribution in [0.3, 0.4) is 0 Å². The van der Waals surface area contributed by atoms with Gasteiger partial charge in [0.2, 0.25) is 0 Å². The molecular weight excluding hydrogens is 264 g/mol. The molecule has 2 heterocycles. The lowest BCUT2D eigenvalue weighted by atomic mass is 10.0. The van der Waals surface area contributed by atoms with E-state index in [1.165, 1.54) is 0 Å². The van der Waals surface area contributed by atoms with Crippen LogP contribution in [0.1, 0.15) is 35.9 Å². The number of aromatic nitrogens is 1. The summed E-state index contributed by atoms with van der Waals surface area (Å²) in [6.07, 6.45) is 1.65. The van der Waals surface area contributed by atoms with Gasteiger partial charge in [0, 0.05) is 12.1 Å². The first-order valence-corrected chi connectivity index (χ1v) is 6.49. The second-order valence-corrected chi connectivity index (χ2v) is 5.23. The number of nitrogens with zero attached hydrogens (tertiary/aromatic N) is 2. The first kappa shape index (κ1) is 13.7. The SMILES string of the molecule is C=Cc1cc2n(c1/N=C(\N)Cl)[C@@H](C(C)C)CNC2=O. The van der Waals surface area contributed by atoms with Gasteiger partial charge in [-0.2, -0.15) is 0 Å². The standard InChI is InChI=1S/C13H17ClN4O/c1-4-8-5-9-12(19)16-6-10(7(2)3)18(9)11(8)17-13(14)15/h4-5,7,10H,1,6H2,2-3H3,(H2,15,17)(H,16,19)/t10-/m1/s1. The molecule has 3 N–H and O–H groups in total. The van der Waals surface area contributed by atoms with E-state index in [2.05, 4.69) is 30.7 Å². The van der Waals surface area contributed by atoms with Gasteiger partial charge < -0.3 is 15.6 Å². The smallest absolute Gasteiger partial charge is 0.268 e. The number of amides is 1. The maximum absolute atomic E-state index is 11.9. The van der Waals surface area contributed by atoms with Gasteiger partial charge in [0.15, 0.2) is 5.29 Å². The highest BCUT2D eigenvalue weighted by molar-refractivity contribution is 6.64. The van der Waals surface area contributed by atoms with Crippen LogP contribution in [0.5, 0.6) is 0 Å². The quantitative estimate of drug-likeness (QED) is 0.506. The summed E-state index contributed by atoms with van der Waals surface area (Å²) in [5.41, 5.74) is 6.78. The van der Waals surface area contributed by atoms with Gasteiger partial charge in [-0.25, -0.2) is 4.99 Å². The van der Waals surface area contributed by atoms with Gasteiger partial charge in [-0.3, -0.25) is 4.79 Å². The van der Waals surface area contributed by atoms with E-state index in [-0.39, 0.29) is 17.2 Å². The molecule has 0 spiro atoms. The van der Waals surface area contributed by atoms with Crippen molar-refractivity contribution in [1.82, 2.24) is 9.88 Å². The summed E-state index contributed by atoms with van der Waals surface area (Å²) < 4.78 is 1.90. The molecule has 102 valence electrons. The maximum Gasteiger partial charge on any atom is 0.268 e. The van der Waals surface area contributed by atoms with Crippen LogP contribution in [0.4, 0.5) is 5.82 Å². The van der Waals surface area contributed by atoms with Crippen LogP contribution in [-0.2, 0) is 0 Å². The van der Waals surface area contributed by atoms with Gasteiger partial charge in [-0.1, -0.05) is 26.5 Å². The summed E-state index contributed by atoms with van der Waals surface area (Å²) in [6, 6.07) is 1.88. The monoisotopic (exact) mass is 280 g/mol. The Labute approximate surface area is 117 Å². The van der Waals surface area contributed by atoms with E-state index in [9.17, 15) is 4.79 Å². The predicted molar refractivity (Wildman–Crippen MR) is 77.9 cm³/mol.